The molecule has 1 aliphatic rings. The van der Waals surface area contributed by atoms with E-state index in [1.807, 2.05) is 6.07 Å². The molecule has 2 radical (unpaired) electrons. The van der Waals surface area contributed by atoms with Crippen molar-refractivity contribution in [1.82, 2.24) is 0 Å². The molecule has 2 aromatic rings. The van der Waals surface area contributed by atoms with Gasteiger partial charge >= 0.3 is 0 Å². The molecule has 0 bridgehead atoms. The van der Waals surface area contributed by atoms with Crippen LogP contribution in [0.4, 0.5) is 0 Å². The molecule has 82 valence electrons. The zero-order chi connectivity index (χ0) is 12.2. The Bertz CT molecular complexity index is 555. The first-order chi connectivity index (χ1) is 8.00. The Balaban J connectivity index is 2.37. The molecule has 0 N–H and O–H groups in total. The average Bonchev–Trinajstić information content (AvgIpc) is 2.49. The van der Waals surface area contributed by atoms with Gasteiger partial charge in [-0.15, -0.1) is 0 Å². The molecule has 0 unspecified atom stereocenters. The summed E-state index contributed by atoms with van der Waals surface area (Å²) in [5, 5.41) is 0. The van der Waals surface area contributed by atoms with Crippen LogP contribution in [0.15, 0.2) is 36.4 Å². The lowest BCUT2D eigenvalue weighted by Gasteiger charge is -2.22. The molecule has 0 atom stereocenters. The van der Waals surface area contributed by atoms with E-state index in [-0.39, 0.29) is 5.41 Å². The molecule has 0 fully saturated rings. The van der Waals surface area contributed by atoms with E-state index in [1.54, 1.807) is 0 Å². The molecule has 1 aliphatic carbocycles. The van der Waals surface area contributed by atoms with Crippen molar-refractivity contribution in [2.24, 2.45) is 0 Å². The first kappa shape index (κ1) is 10.6. The number of fused-ring (bicyclic) bond motifs is 3. The molecule has 3 rings (SSSR count). The van der Waals surface area contributed by atoms with E-state index in [9.17, 15) is 0 Å². The lowest BCUT2D eigenvalue weighted by atomic mass is 9.80. The van der Waals surface area contributed by atoms with Gasteiger partial charge in [0.25, 0.3) is 0 Å². The Morgan fingerprint density at radius 3 is 2.18 bits per heavy atom. The van der Waals surface area contributed by atoms with Gasteiger partial charge in [0.1, 0.15) is 7.85 Å². The fourth-order valence-electron chi connectivity index (χ4n) is 2.87. The fourth-order valence-corrected chi connectivity index (χ4v) is 2.87. The van der Waals surface area contributed by atoms with Gasteiger partial charge in [0.15, 0.2) is 0 Å². The quantitative estimate of drug-likeness (QED) is 0.596. The number of rotatable bonds is 0. The molecule has 0 amide bonds. The Labute approximate surface area is 104 Å². The second-order valence-electron chi connectivity index (χ2n) is 5.48. The Hall–Kier alpha value is -1.50. The normalized spacial score (nSPS) is 15.5. The van der Waals surface area contributed by atoms with E-state index in [2.05, 4.69) is 51.1 Å². The summed E-state index contributed by atoms with van der Waals surface area (Å²) in [5.41, 5.74) is 7.68. The van der Waals surface area contributed by atoms with Crippen molar-refractivity contribution in [3.63, 3.8) is 0 Å². The highest BCUT2D eigenvalue weighted by Gasteiger charge is 2.34. The molecule has 0 spiro atoms. The van der Waals surface area contributed by atoms with Crippen LogP contribution in [0.25, 0.3) is 11.1 Å². The maximum absolute atomic E-state index is 5.92. The molecule has 0 aromatic heterocycles. The van der Waals surface area contributed by atoms with Crippen LogP contribution in [0.3, 0.4) is 0 Å². The van der Waals surface area contributed by atoms with Crippen molar-refractivity contribution >= 4 is 13.3 Å². The standard InChI is InChI=1S/C16H15B/c1-10-4-6-12-13-7-5-11(17)9-15(13)16(2,3)14(12)8-10/h4-9H,1-3H3. The van der Waals surface area contributed by atoms with Gasteiger partial charge in [-0.2, -0.15) is 0 Å². The number of hydrogen-bond donors (Lipinski definition) is 0. The van der Waals surface area contributed by atoms with Crippen LogP contribution >= 0.6 is 0 Å². The summed E-state index contributed by atoms with van der Waals surface area (Å²) in [6, 6.07) is 13.0. The summed E-state index contributed by atoms with van der Waals surface area (Å²) in [5.74, 6) is 0. The van der Waals surface area contributed by atoms with Gasteiger partial charge in [0.2, 0.25) is 0 Å². The third kappa shape index (κ3) is 1.38. The topological polar surface area (TPSA) is 0 Å². The fraction of sp³-hybridized carbons (Fsp3) is 0.250. The van der Waals surface area contributed by atoms with E-state index in [0.29, 0.717) is 0 Å². The van der Waals surface area contributed by atoms with E-state index in [4.69, 9.17) is 7.85 Å². The minimum Gasteiger partial charge on any atom is -0.0963 e. The van der Waals surface area contributed by atoms with Crippen molar-refractivity contribution in [2.75, 3.05) is 0 Å². The summed E-state index contributed by atoms with van der Waals surface area (Å²) in [4.78, 5) is 0. The van der Waals surface area contributed by atoms with E-state index in [0.717, 1.165) is 5.46 Å². The highest BCUT2D eigenvalue weighted by atomic mass is 14.4. The highest BCUT2D eigenvalue weighted by Crippen LogP contribution is 2.48. The molecular formula is C16H15B. The van der Waals surface area contributed by atoms with E-state index in [1.165, 1.54) is 27.8 Å². The lowest BCUT2D eigenvalue weighted by Crippen LogP contribution is -2.17. The molecule has 0 heterocycles. The van der Waals surface area contributed by atoms with Crippen LogP contribution < -0.4 is 5.46 Å². The second kappa shape index (κ2) is 3.26. The van der Waals surface area contributed by atoms with Crippen LogP contribution in [0.2, 0.25) is 0 Å². The minimum atomic E-state index is 0.0616. The predicted octanol–water partition coefficient (Wildman–Crippen LogP) is 3.10. The van der Waals surface area contributed by atoms with Crippen molar-refractivity contribution in [3.8, 4) is 11.1 Å². The molecule has 17 heavy (non-hydrogen) atoms. The molecular weight excluding hydrogens is 203 g/mol. The Morgan fingerprint density at radius 2 is 1.47 bits per heavy atom. The highest BCUT2D eigenvalue weighted by molar-refractivity contribution is 6.32. The maximum atomic E-state index is 5.92. The Morgan fingerprint density at radius 1 is 0.882 bits per heavy atom. The zero-order valence-corrected chi connectivity index (χ0v) is 10.5. The van der Waals surface area contributed by atoms with Crippen molar-refractivity contribution in [2.45, 2.75) is 26.2 Å². The van der Waals surface area contributed by atoms with E-state index >= 15 is 0 Å². The molecule has 0 saturated carbocycles. The minimum absolute atomic E-state index is 0.0616. The summed E-state index contributed by atoms with van der Waals surface area (Å²) < 4.78 is 0. The number of hydrogen-bond acceptors (Lipinski definition) is 0. The first-order valence-corrected chi connectivity index (χ1v) is 6.01. The molecule has 0 nitrogen and oxygen atoms in total. The smallest absolute Gasteiger partial charge is 0.0963 e. The van der Waals surface area contributed by atoms with Crippen molar-refractivity contribution < 1.29 is 0 Å². The van der Waals surface area contributed by atoms with Gasteiger partial charge < -0.3 is 0 Å². The van der Waals surface area contributed by atoms with Crippen LogP contribution in [-0.2, 0) is 5.41 Å². The van der Waals surface area contributed by atoms with Gasteiger partial charge in [-0.05, 0) is 29.2 Å². The van der Waals surface area contributed by atoms with Crippen LogP contribution in [-0.4, -0.2) is 7.85 Å². The molecule has 2 aromatic carbocycles. The van der Waals surface area contributed by atoms with Crippen LogP contribution in [0.1, 0.15) is 30.5 Å². The van der Waals surface area contributed by atoms with Gasteiger partial charge in [0, 0.05) is 5.41 Å². The summed E-state index contributed by atoms with van der Waals surface area (Å²) >= 11 is 0. The Kier molecular flexibility index (Phi) is 2.04. The lowest BCUT2D eigenvalue weighted by molar-refractivity contribution is 0.660. The van der Waals surface area contributed by atoms with Gasteiger partial charge in [0.05, 0.1) is 0 Å². The molecule has 1 heteroatoms. The van der Waals surface area contributed by atoms with Gasteiger partial charge in [-0.25, -0.2) is 0 Å². The van der Waals surface area contributed by atoms with Crippen LogP contribution in [0, 0.1) is 6.92 Å². The van der Waals surface area contributed by atoms with Crippen LogP contribution in [0.5, 0.6) is 0 Å². The van der Waals surface area contributed by atoms with Crippen molar-refractivity contribution in [1.29, 1.82) is 0 Å². The van der Waals surface area contributed by atoms with Gasteiger partial charge in [-0.1, -0.05) is 61.3 Å². The average molecular weight is 218 g/mol. The second-order valence-corrected chi connectivity index (χ2v) is 5.48. The summed E-state index contributed by atoms with van der Waals surface area (Å²) in [6.07, 6.45) is 0. The number of aryl methyl sites for hydroxylation is 1. The largest absolute Gasteiger partial charge is 0.113 e. The third-order valence-corrected chi connectivity index (χ3v) is 3.86. The maximum Gasteiger partial charge on any atom is 0.113 e. The predicted molar refractivity (Wildman–Crippen MR) is 74.1 cm³/mol. The molecule has 0 aliphatic heterocycles. The van der Waals surface area contributed by atoms with Crippen molar-refractivity contribution in [3.05, 3.63) is 53.1 Å². The number of benzene rings is 2. The zero-order valence-electron chi connectivity index (χ0n) is 10.5. The summed E-state index contributed by atoms with van der Waals surface area (Å²) in [6.45, 7) is 6.70. The molecule has 0 saturated heterocycles. The third-order valence-electron chi connectivity index (χ3n) is 3.86. The SMILES string of the molecule is [B]c1ccc2c(c1)C(C)(C)c1cc(C)ccc1-2. The first-order valence-electron chi connectivity index (χ1n) is 6.01. The van der Waals surface area contributed by atoms with Gasteiger partial charge in [-0.3, -0.25) is 0 Å². The monoisotopic (exact) mass is 218 g/mol. The van der Waals surface area contributed by atoms with E-state index < -0.39 is 0 Å². The summed E-state index contributed by atoms with van der Waals surface area (Å²) in [7, 11) is 5.92.